The van der Waals surface area contributed by atoms with Gasteiger partial charge >= 0.3 is 0 Å². The van der Waals surface area contributed by atoms with Crippen LogP contribution in [-0.2, 0) is 4.79 Å². The van der Waals surface area contributed by atoms with Crippen molar-refractivity contribution < 1.29 is 19.1 Å². The van der Waals surface area contributed by atoms with E-state index in [0.29, 0.717) is 17.1 Å². The Kier molecular flexibility index (Phi) is 6.90. The third kappa shape index (κ3) is 4.88. The van der Waals surface area contributed by atoms with Crippen LogP contribution in [0.1, 0.15) is 48.9 Å². The monoisotopic (exact) mass is 334 g/mol. The lowest BCUT2D eigenvalue weighted by molar-refractivity contribution is -0.120. The van der Waals surface area contributed by atoms with Crippen LogP contribution in [0.5, 0.6) is 11.5 Å². The molecule has 0 aliphatic heterocycles. The molecule has 0 spiro atoms. The van der Waals surface area contributed by atoms with Gasteiger partial charge in [0.1, 0.15) is 17.1 Å². The molecule has 1 aliphatic rings. The topological polar surface area (TPSA) is 76.7 Å². The Labute approximate surface area is 142 Å². The van der Waals surface area contributed by atoms with Crippen molar-refractivity contribution in [3.05, 3.63) is 23.8 Å². The minimum absolute atomic E-state index is 0.0590. The van der Waals surface area contributed by atoms with Gasteiger partial charge in [-0.3, -0.25) is 9.59 Å². The van der Waals surface area contributed by atoms with E-state index in [-0.39, 0.29) is 24.4 Å². The van der Waals surface area contributed by atoms with Crippen molar-refractivity contribution in [2.45, 2.75) is 44.6 Å². The Morgan fingerprint density at radius 1 is 1.04 bits per heavy atom. The van der Waals surface area contributed by atoms with E-state index in [1.54, 1.807) is 18.2 Å². The van der Waals surface area contributed by atoms with Gasteiger partial charge in [0, 0.05) is 6.04 Å². The van der Waals surface area contributed by atoms with E-state index in [2.05, 4.69) is 10.6 Å². The van der Waals surface area contributed by atoms with Crippen LogP contribution in [0.15, 0.2) is 18.2 Å². The van der Waals surface area contributed by atoms with E-state index < -0.39 is 0 Å². The summed E-state index contributed by atoms with van der Waals surface area (Å²) in [5.74, 6) is 0.275. The lowest BCUT2D eigenvalue weighted by Gasteiger charge is -2.17. The first-order valence-corrected chi connectivity index (χ1v) is 8.44. The molecule has 0 radical (unpaired) electrons. The fraction of sp³-hybridized carbons (Fsp3) is 0.556. The maximum Gasteiger partial charge on any atom is 0.259 e. The van der Waals surface area contributed by atoms with Crippen LogP contribution >= 0.6 is 0 Å². The number of nitrogens with one attached hydrogen (secondary N) is 2. The van der Waals surface area contributed by atoms with E-state index >= 15 is 0 Å². The third-order valence-corrected chi connectivity index (χ3v) is 4.28. The predicted octanol–water partition coefficient (Wildman–Crippen LogP) is 2.27. The molecule has 1 aliphatic carbocycles. The highest BCUT2D eigenvalue weighted by molar-refractivity contribution is 6.01. The second-order valence-electron chi connectivity index (χ2n) is 5.98. The van der Waals surface area contributed by atoms with Gasteiger partial charge in [0.05, 0.1) is 20.8 Å². The molecule has 1 fully saturated rings. The number of hydrogen-bond acceptors (Lipinski definition) is 4. The molecule has 0 aromatic heterocycles. The van der Waals surface area contributed by atoms with Gasteiger partial charge in [0.15, 0.2) is 0 Å². The van der Waals surface area contributed by atoms with Crippen molar-refractivity contribution in [1.29, 1.82) is 0 Å². The Bertz CT molecular complexity index is 544. The number of methoxy groups -OCH3 is 2. The van der Waals surface area contributed by atoms with Crippen molar-refractivity contribution in [2.75, 3.05) is 20.8 Å². The fourth-order valence-electron chi connectivity index (χ4n) is 3.03. The molecule has 6 nitrogen and oxygen atoms in total. The summed E-state index contributed by atoms with van der Waals surface area (Å²) in [7, 11) is 2.98. The van der Waals surface area contributed by atoms with Gasteiger partial charge in [0.25, 0.3) is 5.91 Å². The number of carbonyl (C=O) groups excluding carboxylic acids is 2. The van der Waals surface area contributed by atoms with Crippen molar-refractivity contribution in [1.82, 2.24) is 10.6 Å². The van der Waals surface area contributed by atoms with Crippen molar-refractivity contribution in [3.63, 3.8) is 0 Å². The lowest BCUT2D eigenvalue weighted by atomic mass is 10.1. The normalized spacial score (nSPS) is 15.2. The third-order valence-electron chi connectivity index (χ3n) is 4.28. The highest BCUT2D eigenvalue weighted by Gasteiger charge is 2.20. The van der Waals surface area contributed by atoms with Crippen LogP contribution in [0.2, 0.25) is 0 Å². The molecule has 0 heterocycles. The molecular weight excluding hydrogens is 308 g/mol. The highest BCUT2D eigenvalue weighted by atomic mass is 16.5. The van der Waals surface area contributed by atoms with Crippen LogP contribution in [0.3, 0.4) is 0 Å². The van der Waals surface area contributed by atoms with Gasteiger partial charge < -0.3 is 20.1 Å². The van der Waals surface area contributed by atoms with Gasteiger partial charge in [-0.05, 0) is 25.0 Å². The molecule has 0 atom stereocenters. The van der Waals surface area contributed by atoms with E-state index in [0.717, 1.165) is 25.7 Å². The minimum Gasteiger partial charge on any atom is -0.496 e. The number of hydrogen-bond donors (Lipinski definition) is 2. The molecule has 2 amide bonds. The highest BCUT2D eigenvalue weighted by Crippen LogP contribution is 2.27. The van der Waals surface area contributed by atoms with Crippen molar-refractivity contribution in [2.24, 2.45) is 0 Å². The van der Waals surface area contributed by atoms with Crippen LogP contribution in [0.4, 0.5) is 0 Å². The fourth-order valence-corrected chi connectivity index (χ4v) is 3.03. The van der Waals surface area contributed by atoms with E-state index in [9.17, 15) is 9.59 Å². The molecular formula is C18H26N2O4. The van der Waals surface area contributed by atoms with E-state index in [4.69, 9.17) is 9.47 Å². The average Bonchev–Trinajstić information content (AvgIpc) is 2.87. The summed E-state index contributed by atoms with van der Waals surface area (Å²) in [6.45, 7) is -0.0590. The first-order chi connectivity index (χ1) is 11.7. The molecule has 2 N–H and O–H groups in total. The number of ether oxygens (including phenoxy) is 2. The van der Waals surface area contributed by atoms with E-state index in [1.807, 2.05) is 0 Å². The summed E-state index contributed by atoms with van der Waals surface area (Å²) in [4.78, 5) is 24.5. The molecule has 1 aromatic carbocycles. The van der Waals surface area contributed by atoms with Crippen LogP contribution < -0.4 is 20.1 Å². The Morgan fingerprint density at radius 2 is 1.62 bits per heavy atom. The van der Waals surface area contributed by atoms with Gasteiger partial charge in [-0.1, -0.05) is 31.7 Å². The van der Waals surface area contributed by atoms with Crippen LogP contribution in [0.25, 0.3) is 0 Å². The molecule has 0 saturated heterocycles. The predicted molar refractivity (Wildman–Crippen MR) is 91.5 cm³/mol. The second-order valence-corrected chi connectivity index (χ2v) is 5.98. The van der Waals surface area contributed by atoms with Crippen molar-refractivity contribution in [3.8, 4) is 11.5 Å². The zero-order chi connectivity index (χ0) is 17.4. The maximum atomic E-state index is 12.4. The summed E-state index contributed by atoms with van der Waals surface area (Å²) in [6, 6.07) is 5.33. The van der Waals surface area contributed by atoms with Gasteiger partial charge in [-0.25, -0.2) is 0 Å². The molecule has 0 bridgehead atoms. The molecule has 6 heteroatoms. The summed E-state index contributed by atoms with van der Waals surface area (Å²) in [6.07, 6.45) is 6.79. The van der Waals surface area contributed by atoms with E-state index in [1.165, 1.54) is 27.1 Å². The Hall–Kier alpha value is -2.24. The Balaban J connectivity index is 1.91. The molecule has 1 saturated carbocycles. The van der Waals surface area contributed by atoms with Crippen molar-refractivity contribution >= 4 is 11.8 Å². The quantitative estimate of drug-likeness (QED) is 0.783. The molecule has 2 rings (SSSR count). The summed E-state index contributed by atoms with van der Waals surface area (Å²) in [5.41, 5.74) is 0.296. The average molecular weight is 334 g/mol. The van der Waals surface area contributed by atoms with Crippen LogP contribution in [0, 0.1) is 0 Å². The molecule has 1 aromatic rings. The zero-order valence-corrected chi connectivity index (χ0v) is 14.4. The summed E-state index contributed by atoms with van der Waals surface area (Å²) < 4.78 is 10.4. The zero-order valence-electron chi connectivity index (χ0n) is 14.4. The number of amides is 2. The molecule has 24 heavy (non-hydrogen) atoms. The molecule has 0 unspecified atom stereocenters. The van der Waals surface area contributed by atoms with Gasteiger partial charge in [-0.15, -0.1) is 0 Å². The SMILES string of the molecule is COc1cccc(OC)c1C(=O)NCC(=O)NC1CCCCCC1. The lowest BCUT2D eigenvalue weighted by Crippen LogP contribution is -2.41. The minimum atomic E-state index is -0.389. The van der Waals surface area contributed by atoms with Gasteiger partial charge in [-0.2, -0.15) is 0 Å². The van der Waals surface area contributed by atoms with Gasteiger partial charge in [0.2, 0.25) is 5.91 Å². The maximum absolute atomic E-state index is 12.4. The first-order valence-electron chi connectivity index (χ1n) is 8.44. The molecule has 132 valence electrons. The largest absolute Gasteiger partial charge is 0.496 e. The summed E-state index contributed by atoms with van der Waals surface area (Å²) >= 11 is 0. The number of carbonyl (C=O) groups is 2. The standard InChI is InChI=1S/C18H26N2O4/c1-23-14-10-7-11-15(24-2)17(14)18(22)19-12-16(21)20-13-8-5-3-4-6-9-13/h7,10-11,13H,3-6,8-9,12H2,1-2H3,(H,19,22)(H,20,21). The Morgan fingerprint density at radius 3 is 2.17 bits per heavy atom. The second kappa shape index (κ2) is 9.15. The number of benzene rings is 1. The van der Waals surface area contributed by atoms with Crippen LogP contribution in [-0.4, -0.2) is 38.6 Å². The summed E-state index contributed by atoms with van der Waals surface area (Å²) in [5, 5.41) is 5.65. The first kappa shape index (κ1) is 18.1. The number of rotatable bonds is 6. The smallest absolute Gasteiger partial charge is 0.259 e.